The van der Waals surface area contributed by atoms with Crippen molar-refractivity contribution < 1.29 is 18.9 Å². The molecule has 152 valence electrons. The number of benzene rings is 1. The van der Waals surface area contributed by atoms with Gasteiger partial charge in [0.05, 0.1) is 21.3 Å². The van der Waals surface area contributed by atoms with Crippen LogP contribution in [0.2, 0.25) is 0 Å². The minimum atomic E-state index is 0.298. The van der Waals surface area contributed by atoms with Crippen molar-refractivity contribution in [3.05, 3.63) is 12.1 Å². The lowest BCUT2D eigenvalue weighted by Gasteiger charge is -2.17. The second-order valence-corrected chi connectivity index (χ2v) is 6.68. The summed E-state index contributed by atoms with van der Waals surface area (Å²) in [5, 5.41) is 6.64. The molecular formula is C20H33N3O4. The van der Waals surface area contributed by atoms with Gasteiger partial charge in [-0.05, 0) is 38.5 Å². The molecule has 0 amide bonds. The Bertz CT molecular complexity index is 605. The zero-order valence-corrected chi connectivity index (χ0v) is 17.2. The average Bonchev–Trinajstić information content (AvgIpc) is 3.45. The van der Waals surface area contributed by atoms with E-state index in [0.29, 0.717) is 22.7 Å². The van der Waals surface area contributed by atoms with Gasteiger partial charge in [0.2, 0.25) is 5.75 Å². The molecule has 0 radical (unpaired) electrons. The van der Waals surface area contributed by atoms with E-state index in [1.165, 1.54) is 12.8 Å². The fraction of sp³-hybridized carbons (Fsp3) is 0.650. The van der Waals surface area contributed by atoms with Crippen molar-refractivity contribution in [3.63, 3.8) is 0 Å². The molecule has 1 aliphatic carbocycles. The molecule has 1 aromatic rings. The van der Waals surface area contributed by atoms with Crippen molar-refractivity contribution in [2.24, 2.45) is 10.4 Å². The number of guanidine groups is 1. The van der Waals surface area contributed by atoms with Crippen LogP contribution in [0.1, 0.15) is 33.1 Å². The van der Waals surface area contributed by atoms with Crippen LogP contribution in [0.3, 0.4) is 0 Å². The van der Waals surface area contributed by atoms with Gasteiger partial charge in [0, 0.05) is 44.1 Å². The first-order chi connectivity index (χ1) is 13.1. The first-order valence-electron chi connectivity index (χ1n) is 9.54. The third-order valence-electron chi connectivity index (χ3n) is 4.78. The van der Waals surface area contributed by atoms with Crippen LogP contribution in [0, 0.1) is 5.41 Å². The van der Waals surface area contributed by atoms with Crippen molar-refractivity contribution in [1.29, 1.82) is 0 Å². The van der Waals surface area contributed by atoms with Crippen LogP contribution in [0.15, 0.2) is 17.1 Å². The summed E-state index contributed by atoms with van der Waals surface area (Å²) in [5.41, 5.74) is 1.12. The minimum absolute atomic E-state index is 0.298. The van der Waals surface area contributed by atoms with E-state index in [1.807, 2.05) is 26.0 Å². The Morgan fingerprint density at radius 2 is 1.74 bits per heavy atom. The Hall–Kier alpha value is -2.15. The number of hydrogen-bond donors (Lipinski definition) is 2. The van der Waals surface area contributed by atoms with Gasteiger partial charge in [0.1, 0.15) is 0 Å². The highest BCUT2D eigenvalue weighted by Crippen LogP contribution is 2.49. The van der Waals surface area contributed by atoms with Crippen LogP contribution in [0.25, 0.3) is 0 Å². The highest BCUT2D eigenvalue weighted by Gasteiger charge is 2.41. The van der Waals surface area contributed by atoms with E-state index in [4.69, 9.17) is 23.9 Å². The predicted octanol–water partition coefficient (Wildman–Crippen LogP) is 3.30. The zero-order valence-electron chi connectivity index (χ0n) is 17.2. The SMILES string of the molecule is CCNC(=NCC1(CCOCC)CC1)Nc1cc(OC)c(OC)c(OC)c1. The second kappa shape index (κ2) is 10.3. The largest absolute Gasteiger partial charge is 0.493 e. The van der Waals surface area contributed by atoms with E-state index in [0.717, 1.165) is 44.4 Å². The minimum Gasteiger partial charge on any atom is -0.493 e. The fourth-order valence-electron chi connectivity index (χ4n) is 2.94. The molecule has 0 atom stereocenters. The molecule has 0 aromatic heterocycles. The summed E-state index contributed by atoms with van der Waals surface area (Å²) >= 11 is 0. The Kier molecular flexibility index (Phi) is 8.03. The molecule has 0 aliphatic heterocycles. The Labute approximate surface area is 162 Å². The van der Waals surface area contributed by atoms with E-state index in [9.17, 15) is 0 Å². The molecule has 7 heteroatoms. The summed E-state index contributed by atoms with van der Waals surface area (Å²) in [6.45, 7) is 7.23. The normalized spacial score (nSPS) is 15.2. The molecule has 2 N–H and O–H groups in total. The average molecular weight is 380 g/mol. The third-order valence-corrected chi connectivity index (χ3v) is 4.78. The van der Waals surface area contributed by atoms with Gasteiger partial charge in [-0.1, -0.05) is 0 Å². The van der Waals surface area contributed by atoms with Gasteiger partial charge < -0.3 is 29.6 Å². The van der Waals surface area contributed by atoms with E-state index < -0.39 is 0 Å². The summed E-state index contributed by atoms with van der Waals surface area (Å²) in [7, 11) is 4.81. The lowest BCUT2D eigenvalue weighted by molar-refractivity contribution is 0.129. The third kappa shape index (κ3) is 5.92. The number of methoxy groups -OCH3 is 3. The van der Waals surface area contributed by atoms with E-state index in [2.05, 4.69) is 10.6 Å². The molecule has 2 rings (SSSR count). The Morgan fingerprint density at radius 1 is 1.07 bits per heavy atom. The molecule has 27 heavy (non-hydrogen) atoms. The summed E-state index contributed by atoms with van der Waals surface area (Å²) in [6, 6.07) is 3.74. The lowest BCUT2D eigenvalue weighted by Crippen LogP contribution is -2.31. The number of nitrogens with one attached hydrogen (secondary N) is 2. The fourth-order valence-corrected chi connectivity index (χ4v) is 2.94. The van der Waals surface area contributed by atoms with Crippen LogP contribution in [0.5, 0.6) is 17.2 Å². The first kappa shape index (κ1) is 21.2. The van der Waals surface area contributed by atoms with Gasteiger partial charge in [0.15, 0.2) is 17.5 Å². The van der Waals surface area contributed by atoms with Crippen molar-refractivity contribution in [1.82, 2.24) is 5.32 Å². The number of anilines is 1. The summed E-state index contributed by atoms with van der Waals surface area (Å²) in [6.07, 6.45) is 3.49. The van der Waals surface area contributed by atoms with Crippen LogP contribution < -0.4 is 24.8 Å². The molecule has 0 saturated heterocycles. The highest BCUT2D eigenvalue weighted by molar-refractivity contribution is 5.94. The molecule has 0 heterocycles. The maximum Gasteiger partial charge on any atom is 0.203 e. The molecule has 0 spiro atoms. The number of hydrogen-bond acceptors (Lipinski definition) is 5. The van der Waals surface area contributed by atoms with Gasteiger partial charge >= 0.3 is 0 Å². The molecule has 1 saturated carbocycles. The molecule has 7 nitrogen and oxygen atoms in total. The summed E-state index contributed by atoms with van der Waals surface area (Å²) < 4.78 is 21.7. The van der Waals surface area contributed by atoms with Crippen LogP contribution in [-0.4, -0.2) is 53.6 Å². The van der Waals surface area contributed by atoms with Crippen LogP contribution in [-0.2, 0) is 4.74 Å². The topological polar surface area (TPSA) is 73.3 Å². The number of ether oxygens (including phenoxy) is 4. The van der Waals surface area contributed by atoms with Gasteiger partial charge in [-0.2, -0.15) is 0 Å². The zero-order chi connectivity index (χ0) is 19.7. The molecular weight excluding hydrogens is 346 g/mol. The van der Waals surface area contributed by atoms with E-state index in [-0.39, 0.29) is 0 Å². The second-order valence-electron chi connectivity index (χ2n) is 6.68. The molecule has 0 unspecified atom stereocenters. The molecule has 0 bridgehead atoms. The van der Waals surface area contributed by atoms with Crippen molar-refractivity contribution in [2.45, 2.75) is 33.1 Å². The molecule has 1 fully saturated rings. The Balaban J connectivity index is 2.11. The van der Waals surface area contributed by atoms with Gasteiger partial charge in [-0.15, -0.1) is 0 Å². The predicted molar refractivity (Wildman–Crippen MR) is 108 cm³/mol. The quantitative estimate of drug-likeness (QED) is 0.349. The monoisotopic (exact) mass is 379 g/mol. The summed E-state index contributed by atoms with van der Waals surface area (Å²) in [5.74, 6) is 2.52. The first-order valence-corrected chi connectivity index (χ1v) is 9.54. The smallest absolute Gasteiger partial charge is 0.203 e. The van der Waals surface area contributed by atoms with Gasteiger partial charge in [0.25, 0.3) is 0 Å². The maximum atomic E-state index is 5.51. The number of aliphatic imine (C=N–C) groups is 1. The Morgan fingerprint density at radius 3 is 2.22 bits per heavy atom. The van der Waals surface area contributed by atoms with Crippen LogP contribution >= 0.6 is 0 Å². The highest BCUT2D eigenvalue weighted by atomic mass is 16.5. The lowest BCUT2D eigenvalue weighted by atomic mass is 10.0. The summed E-state index contributed by atoms with van der Waals surface area (Å²) in [4.78, 5) is 4.80. The van der Waals surface area contributed by atoms with Crippen molar-refractivity contribution in [2.75, 3.05) is 52.9 Å². The van der Waals surface area contributed by atoms with Crippen molar-refractivity contribution in [3.8, 4) is 17.2 Å². The van der Waals surface area contributed by atoms with Crippen molar-refractivity contribution >= 4 is 11.6 Å². The van der Waals surface area contributed by atoms with E-state index >= 15 is 0 Å². The number of nitrogens with zero attached hydrogens (tertiary/aromatic N) is 1. The van der Waals surface area contributed by atoms with E-state index in [1.54, 1.807) is 21.3 Å². The maximum absolute atomic E-state index is 5.51. The number of rotatable bonds is 11. The van der Waals surface area contributed by atoms with Gasteiger partial charge in [-0.3, -0.25) is 4.99 Å². The standard InChI is InChI=1S/C20H33N3O4/c1-6-21-19(22-14-20(8-9-20)10-11-27-7-2)23-15-12-16(24-3)18(26-5)17(13-15)25-4/h12-13H,6-11,14H2,1-5H3,(H2,21,22,23). The van der Waals surface area contributed by atoms with Crippen LogP contribution in [0.4, 0.5) is 5.69 Å². The molecule has 1 aliphatic rings. The van der Waals surface area contributed by atoms with Gasteiger partial charge in [-0.25, -0.2) is 0 Å². The molecule has 1 aromatic carbocycles.